The Labute approximate surface area is 184 Å². The third kappa shape index (κ3) is 6.53. The zero-order valence-corrected chi connectivity index (χ0v) is 19.0. The number of nitrogens with one attached hydrogen (secondary N) is 1. The van der Waals surface area contributed by atoms with Crippen LogP contribution in [-0.2, 0) is 14.6 Å². The first-order chi connectivity index (χ1) is 14.3. The van der Waals surface area contributed by atoms with Gasteiger partial charge in [0.1, 0.15) is 11.6 Å². The molecule has 0 atom stereocenters. The van der Waals surface area contributed by atoms with Gasteiger partial charge in [0.05, 0.1) is 22.7 Å². The number of amides is 1. The number of sulfone groups is 1. The van der Waals surface area contributed by atoms with E-state index in [-0.39, 0.29) is 15.8 Å². The minimum Gasteiger partial charge on any atom is -0.497 e. The predicted octanol–water partition coefficient (Wildman–Crippen LogP) is 2.56. The van der Waals surface area contributed by atoms with Crippen LogP contribution < -0.4 is 15.8 Å². The molecular weight excluding hydrogens is 443 g/mol. The number of hydrogen-bond donors (Lipinski definition) is 2. The topological polar surface area (TPSA) is 133 Å². The number of benzene rings is 2. The zero-order valence-electron chi connectivity index (χ0n) is 17.3. The van der Waals surface area contributed by atoms with Crippen LogP contribution in [0.5, 0.6) is 5.75 Å². The molecule has 2 aromatic rings. The van der Waals surface area contributed by atoms with Crippen LogP contribution in [0.3, 0.4) is 0 Å². The summed E-state index contributed by atoms with van der Waals surface area (Å²) in [5.41, 5.74) is 6.08. The summed E-state index contributed by atoms with van der Waals surface area (Å²) in [4.78, 5) is 16.3. The Bertz CT molecular complexity index is 1130. The number of amidine groups is 1. The number of hydrogen-bond acceptors (Lipinski definition) is 5. The summed E-state index contributed by atoms with van der Waals surface area (Å²) in [5, 5.41) is 12.4. The van der Waals surface area contributed by atoms with E-state index < -0.39 is 32.1 Å². The Kier molecular flexibility index (Phi) is 7.45. The molecule has 8 nitrogen and oxygen atoms in total. The van der Waals surface area contributed by atoms with Gasteiger partial charge in [-0.2, -0.15) is 0 Å². The number of nitrogens with zero attached hydrogens (tertiary/aromatic N) is 2. The number of rotatable bonds is 6. The fourth-order valence-corrected chi connectivity index (χ4v) is 3.95. The van der Waals surface area contributed by atoms with Crippen molar-refractivity contribution in [2.75, 3.05) is 13.4 Å². The Morgan fingerprint density at radius 2 is 1.84 bits per heavy atom. The quantitative estimate of drug-likeness (QED) is 0.383. The number of carbonyl (C=O) groups excluding carboxylic acids is 1. The van der Waals surface area contributed by atoms with Crippen LogP contribution in [-0.4, -0.2) is 44.2 Å². The number of aliphatic imine (C=N–C) groups is 1. The number of nitrogens with two attached hydrogens (primary N) is 1. The first-order valence-electron chi connectivity index (χ1n) is 8.88. The van der Waals surface area contributed by atoms with Crippen LogP contribution in [0, 0.1) is 5.82 Å². The van der Waals surface area contributed by atoms with Crippen LogP contribution in [0.25, 0.3) is 5.41 Å². The Morgan fingerprint density at radius 3 is 2.35 bits per heavy atom. The van der Waals surface area contributed by atoms with Crippen molar-refractivity contribution in [2.24, 2.45) is 10.7 Å². The second-order valence-corrected chi connectivity index (χ2v) is 10.7. The van der Waals surface area contributed by atoms with Crippen molar-refractivity contribution < 1.29 is 22.3 Å². The maximum atomic E-state index is 14.3. The van der Waals surface area contributed by atoms with Gasteiger partial charge in [0.25, 0.3) is 0 Å². The summed E-state index contributed by atoms with van der Waals surface area (Å²) in [5.74, 6) is -1.51. The normalized spacial score (nSPS) is 12.4. The van der Waals surface area contributed by atoms with Crippen molar-refractivity contribution in [1.82, 2.24) is 5.32 Å². The molecule has 2 rings (SSSR count). The average Bonchev–Trinajstić information content (AvgIpc) is 2.68. The smallest absolute Gasteiger partial charge is 0.241 e. The summed E-state index contributed by atoms with van der Waals surface area (Å²) in [6.07, 6.45) is 0.979. The van der Waals surface area contributed by atoms with E-state index in [1.807, 2.05) is 0 Å². The maximum absolute atomic E-state index is 14.3. The highest BCUT2D eigenvalue weighted by Gasteiger charge is 2.30. The van der Waals surface area contributed by atoms with E-state index in [2.05, 4.69) is 10.3 Å². The van der Waals surface area contributed by atoms with Crippen LogP contribution in [0.4, 0.5) is 4.39 Å². The van der Waals surface area contributed by atoms with E-state index >= 15 is 0 Å². The van der Waals surface area contributed by atoms with Crippen molar-refractivity contribution >= 4 is 39.3 Å². The molecule has 0 aliphatic rings. The van der Waals surface area contributed by atoms with Gasteiger partial charge in [-0.25, -0.2) is 12.8 Å². The lowest BCUT2D eigenvalue weighted by atomic mass is 10.2. The second kappa shape index (κ2) is 9.48. The molecule has 31 heavy (non-hydrogen) atoms. The van der Waals surface area contributed by atoms with E-state index in [9.17, 15) is 23.0 Å². The number of ether oxygens (including phenoxy) is 1. The molecule has 0 radical (unpaired) electrons. The monoisotopic (exact) mass is 465 g/mol. The summed E-state index contributed by atoms with van der Waals surface area (Å²) in [7, 11) is -2.04. The highest BCUT2D eigenvalue weighted by molar-refractivity contribution is 8.01. The van der Waals surface area contributed by atoms with Crippen LogP contribution in [0.2, 0.25) is 0 Å². The van der Waals surface area contributed by atoms with Crippen molar-refractivity contribution in [3.8, 4) is 5.75 Å². The van der Waals surface area contributed by atoms with Gasteiger partial charge in [-0.3, -0.25) is 4.79 Å². The number of methoxy groups -OCH3 is 1. The van der Waals surface area contributed by atoms with Crippen molar-refractivity contribution in [3.05, 3.63) is 59.3 Å². The van der Waals surface area contributed by atoms with E-state index in [1.54, 1.807) is 24.3 Å². The van der Waals surface area contributed by atoms with Gasteiger partial charge in [-0.1, -0.05) is 18.0 Å². The third-order valence-electron chi connectivity index (χ3n) is 4.06. The SMILES string of the molecule is COc1ccc(C(=[N-])N=C(N)NC(=O)C(C)(C)Sc2ccc(S(C)(=O)=O)cc2F)cc1. The largest absolute Gasteiger partial charge is 0.497 e. The van der Waals surface area contributed by atoms with Gasteiger partial charge in [0.15, 0.2) is 9.84 Å². The summed E-state index contributed by atoms with van der Waals surface area (Å²) in [6, 6.07) is 9.85. The van der Waals surface area contributed by atoms with Crippen LogP contribution >= 0.6 is 11.8 Å². The lowest BCUT2D eigenvalue weighted by Crippen LogP contribution is -2.46. The zero-order chi connectivity index (χ0) is 23.4. The minimum absolute atomic E-state index is 0.0932. The van der Waals surface area contributed by atoms with Gasteiger partial charge >= 0.3 is 0 Å². The lowest BCUT2D eigenvalue weighted by Gasteiger charge is -2.24. The molecule has 0 aromatic heterocycles. The number of guanidine groups is 1. The van der Waals surface area contributed by atoms with Gasteiger partial charge in [-0.05, 0) is 49.7 Å². The van der Waals surface area contributed by atoms with Crippen LogP contribution in [0.1, 0.15) is 19.4 Å². The summed E-state index contributed by atoms with van der Waals surface area (Å²) in [6.45, 7) is 3.08. The summed E-state index contributed by atoms with van der Waals surface area (Å²) < 4.78 is 41.3. The molecule has 0 bridgehead atoms. The van der Waals surface area contributed by atoms with Gasteiger partial charge in [0, 0.05) is 11.2 Å². The Morgan fingerprint density at radius 1 is 1.23 bits per heavy atom. The van der Waals surface area contributed by atoms with Gasteiger partial charge < -0.3 is 26.2 Å². The standard InChI is InChI=1S/C20H22FN4O4S2/c1-20(2,30-16-10-9-14(11-15(16)21)31(4,27)28)18(26)25-19(23)24-17(22)12-5-7-13(29-3)8-6-12/h5-11H,1-4H3,(H3-,22,23,24,25,26)/q-1. The second-order valence-electron chi connectivity index (χ2n) is 6.98. The van der Waals surface area contributed by atoms with Crippen molar-refractivity contribution in [3.63, 3.8) is 0 Å². The Balaban J connectivity index is 2.10. The van der Waals surface area contributed by atoms with Crippen LogP contribution in [0.15, 0.2) is 57.2 Å². The molecule has 3 N–H and O–H groups in total. The molecule has 166 valence electrons. The molecule has 1 amide bonds. The fourth-order valence-electron chi connectivity index (χ4n) is 2.33. The van der Waals surface area contributed by atoms with Gasteiger partial charge in [0.2, 0.25) is 5.91 Å². The lowest BCUT2D eigenvalue weighted by molar-refractivity contribution is -0.121. The van der Waals surface area contributed by atoms with E-state index in [0.29, 0.717) is 11.3 Å². The maximum Gasteiger partial charge on any atom is 0.241 e. The average molecular weight is 466 g/mol. The first kappa shape index (κ1) is 24.4. The number of halogens is 1. The predicted molar refractivity (Wildman–Crippen MR) is 120 cm³/mol. The number of thioether (sulfide) groups is 1. The third-order valence-corrected chi connectivity index (χ3v) is 6.42. The molecule has 0 saturated heterocycles. The van der Waals surface area contributed by atoms with Gasteiger partial charge in [-0.15, -0.1) is 11.8 Å². The molecule has 0 aliphatic carbocycles. The molecule has 11 heteroatoms. The van der Waals surface area contributed by atoms with E-state index in [1.165, 1.54) is 33.1 Å². The fraction of sp³-hybridized carbons (Fsp3) is 0.250. The molecule has 0 fully saturated rings. The van der Waals surface area contributed by atoms with E-state index in [4.69, 9.17) is 10.5 Å². The molecule has 0 heterocycles. The molecule has 0 spiro atoms. The van der Waals surface area contributed by atoms with Crippen molar-refractivity contribution in [1.29, 1.82) is 0 Å². The molecular formula is C20H22FN4O4S2-. The first-order valence-corrected chi connectivity index (χ1v) is 11.6. The van der Waals surface area contributed by atoms with E-state index in [0.717, 1.165) is 24.1 Å². The summed E-state index contributed by atoms with van der Waals surface area (Å²) >= 11 is 0.886. The highest BCUT2D eigenvalue weighted by Crippen LogP contribution is 2.35. The minimum atomic E-state index is -3.55. The molecule has 0 saturated carbocycles. The number of carbonyl (C=O) groups is 1. The van der Waals surface area contributed by atoms with Crippen molar-refractivity contribution in [2.45, 2.75) is 28.4 Å². The Hall–Kier alpha value is -2.92. The highest BCUT2D eigenvalue weighted by atomic mass is 32.2. The molecule has 2 aromatic carbocycles. The molecule has 0 aliphatic heterocycles. The molecule has 0 unspecified atom stereocenters.